The van der Waals surface area contributed by atoms with E-state index < -0.39 is 0 Å². The third-order valence-electron chi connectivity index (χ3n) is 5.89. The molecule has 0 heteroatoms. The normalized spacial score (nSPS) is 14.3. The smallest absolute Gasteiger partial charge is 0.0135 e. The Morgan fingerprint density at radius 2 is 1.38 bits per heavy atom. The Bertz CT molecular complexity index is 1240. The highest BCUT2D eigenvalue weighted by molar-refractivity contribution is 5.81. The summed E-state index contributed by atoms with van der Waals surface area (Å²) in [4.78, 5) is 0. The van der Waals surface area contributed by atoms with Crippen molar-refractivity contribution in [2.75, 3.05) is 0 Å². The van der Waals surface area contributed by atoms with Crippen molar-refractivity contribution in [2.24, 2.45) is 0 Å². The monoisotopic (exact) mass is 414 g/mol. The van der Waals surface area contributed by atoms with Gasteiger partial charge in [0, 0.05) is 0 Å². The predicted molar refractivity (Wildman–Crippen MR) is 141 cm³/mol. The summed E-state index contributed by atoms with van der Waals surface area (Å²) >= 11 is 0. The minimum atomic E-state index is 1.02. The lowest BCUT2D eigenvalue weighted by Crippen LogP contribution is -1.86. The van der Waals surface area contributed by atoms with E-state index in [1.165, 1.54) is 50.1 Å². The summed E-state index contributed by atoms with van der Waals surface area (Å²) < 4.78 is 0. The molecular formula is C32H30. The molecule has 158 valence electrons. The highest BCUT2D eigenvalue weighted by Gasteiger charge is 2.06. The van der Waals surface area contributed by atoms with Crippen molar-refractivity contribution in [3.63, 3.8) is 0 Å². The van der Waals surface area contributed by atoms with Gasteiger partial charge in [-0.25, -0.2) is 0 Å². The van der Waals surface area contributed by atoms with Crippen LogP contribution in [0.4, 0.5) is 0 Å². The molecule has 0 N–H and O–H groups in total. The maximum absolute atomic E-state index is 2.29. The van der Waals surface area contributed by atoms with Crippen molar-refractivity contribution in [3.05, 3.63) is 132 Å². The summed E-state index contributed by atoms with van der Waals surface area (Å²) in [6.45, 7) is 6.32. The molecule has 0 saturated carbocycles. The number of benzene rings is 3. The van der Waals surface area contributed by atoms with Crippen molar-refractivity contribution in [3.8, 4) is 22.3 Å². The van der Waals surface area contributed by atoms with E-state index in [-0.39, 0.29) is 0 Å². The molecule has 32 heavy (non-hydrogen) atoms. The second-order valence-corrected chi connectivity index (χ2v) is 8.22. The van der Waals surface area contributed by atoms with Gasteiger partial charge in [-0.05, 0) is 83.9 Å². The van der Waals surface area contributed by atoms with Crippen molar-refractivity contribution in [1.29, 1.82) is 0 Å². The van der Waals surface area contributed by atoms with Gasteiger partial charge in [0.15, 0.2) is 0 Å². The summed E-state index contributed by atoms with van der Waals surface area (Å²) in [5.41, 5.74) is 11.3. The summed E-state index contributed by atoms with van der Waals surface area (Å²) in [6.07, 6.45) is 16.3. The molecule has 0 aliphatic heterocycles. The summed E-state index contributed by atoms with van der Waals surface area (Å²) in [5, 5.41) is 0. The highest BCUT2D eigenvalue weighted by atomic mass is 14.1. The molecular weight excluding hydrogens is 384 g/mol. The molecule has 0 bridgehead atoms. The summed E-state index contributed by atoms with van der Waals surface area (Å²) in [7, 11) is 0. The Hall–Kier alpha value is -3.64. The first-order chi connectivity index (χ1) is 15.7. The van der Waals surface area contributed by atoms with Gasteiger partial charge in [0.05, 0.1) is 0 Å². The first kappa shape index (κ1) is 21.6. The Kier molecular flexibility index (Phi) is 6.82. The van der Waals surface area contributed by atoms with Gasteiger partial charge in [0.2, 0.25) is 0 Å². The molecule has 1 aliphatic carbocycles. The molecule has 0 spiro atoms. The lowest BCUT2D eigenvalue weighted by molar-refractivity contribution is 1.22. The third kappa shape index (κ3) is 4.98. The second kappa shape index (κ2) is 10.1. The molecule has 0 heterocycles. The summed E-state index contributed by atoms with van der Waals surface area (Å²) in [6, 6.07) is 26.5. The van der Waals surface area contributed by atoms with Gasteiger partial charge in [0.25, 0.3) is 0 Å². The van der Waals surface area contributed by atoms with E-state index in [4.69, 9.17) is 0 Å². The van der Waals surface area contributed by atoms with Crippen molar-refractivity contribution in [2.45, 2.75) is 27.2 Å². The average Bonchev–Trinajstić information content (AvgIpc) is 3.07. The van der Waals surface area contributed by atoms with Gasteiger partial charge < -0.3 is 0 Å². The van der Waals surface area contributed by atoms with Crippen LogP contribution in [-0.4, -0.2) is 0 Å². The standard InChI is InChI=1S/C32H30/c1-4-9-25(5-2)29-12-7-14-31(22-29)32-15-8-13-30(23-32)28-20-18-27(19-21-28)26-11-6-10-24(3)16-17-26/h4-9,11-23H,10H2,1-3H3/b9-4-,25-5+. The minimum Gasteiger partial charge on any atom is -0.0871 e. The van der Waals surface area contributed by atoms with E-state index in [1.54, 1.807) is 0 Å². The molecule has 0 aromatic heterocycles. The number of rotatable bonds is 5. The number of hydrogen-bond acceptors (Lipinski definition) is 0. The summed E-state index contributed by atoms with van der Waals surface area (Å²) in [5.74, 6) is 0. The van der Waals surface area contributed by atoms with Crippen LogP contribution in [0.5, 0.6) is 0 Å². The van der Waals surface area contributed by atoms with Crippen LogP contribution in [0.15, 0.2) is 121 Å². The quantitative estimate of drug-likeness (QED) is 0.365. The molecule has 0 atom stereocenters. The molecule has 1 aliphatic rings. The van der Waals surface area contributed by atoms with Crippen molar-refractivity contribution < 1.29 is 0 Å². The van der Waals surface area contributed by atoms with Crippen LogP contribution in [0, 0.1) is 0 Å². The van der Waals surface area contributed by atoms with E-state index >= 15 is 0 Å². The van der Waals surface area contributed by atoms with E-state index in [1.807, 2.05) is 0 Å². The largest absolute Gasteiger partial charge is 0.0871 e. The zero-order chi connectivity index (χ0) is 22.3. The maximum Gasteiger partial charge on any atom is -0.0135 e. The molecule has 0 radical (unpaired) electrons. The third-order valence-corrected chi connectivity index (χ3v) is 5.89. The van der Waals surface area contributed by atoms with E-state index in [0.717, 1.165) is 6.42 Å². The zero-order valence-electron chi connectivity index (χ0n) is 19.2. The fraction of sp³-hybridized carbons (Fsp3) is 0.125. The Morgan fingerprint density at radius 3 is 2.09 bits per heavy atom. The van der Waals surface area contributed by atoms with Crippen molar-refractivity contribution in [1.82, 2.24) is 0 Å². The molecule has 0 saturated heterocycles. The van der Waals surface area contributed by atoms with Crippen LogP contribution < -0.4 is 0 Å². The van der Waals surface area contributed by atoms with Gasteiger partial charge in [0.1, 0.15) is 0 Å². The first-order valence-corrected chi connectivity index (χ1v) is 11.3. The van der Waals surface area contributed by atoms with Crippen LogP contribution in [-0.2, 0) is 0 Å². The van der Waals surface area contributed by atoms with Crippen LogP contribution >= 0.6 is 0 Å². The molecule has 0 nitrogen and oxygen atoms in total. The average molecular weight is 415 g/mol. The van der Waals surface area contributed by atoms with Gasteiger partial charge in [-0.15, -0.1) is 0 Å². The molecule has 4 rings (SSSR count). The van der Waals surface area contributed by atoms with Crippen molar-refractivity contribution >= 4 is 11.1 Å². The van der Waals surface area contributed by atoms with E-state index in [9.17, 15) is 0 Å². The Labute approximate surface area is 192 Å². The fourth-order valence-corrected chi connectivity index (χ4v) is 4.07. The SMILES string of the molecule is C/C=C\C(=C/C)c1cccc(-c2cccc(-c3ccc(C4=CC=C(C)CC=C4)cc3)c2)c1. The van der Waals surface area contributed by atoms with Gasteiger partial charge in [-0.3, -0.25) is 0 Å². The van der Waals surface area contributed by atoms with E-state index in [2.05, 4.69) is 136 Å². The van der Waals surface area contributed by atoms with Crippen LogP contribution in [0.25, 0.3) is 33.4 Å². The molecule has 0 unspecified atom stereocenters. The maximum atomic E-state index is 2.29. The molecule has 3 aromatic carbocycles. The molecule has 3 aromatic rings. The zero-order valence-corrected chi connectivity index (χ0v) is 19.2. The Balaban J connectivity index is 1.63. The van der Waals surface area contributed by atoms with Gasteiger partial charge in [-0.1, -0.05) is 109 Å². The lowest BCUT2D eigenvalue weighted by atomic mass is 9.95. The van der Waals surface area contributed by atoms with Gasteiger partial charge in [-0.2, -0.15) is 0 Å². The van der Waals surface area contributed by atoms with Crippen LogP contribution in [0.3, 0.4) is 0 Å². The number of hydrogen-bond donors (Lipinski definition) is 0. The predicted octanol–water partition coefficient (Wildman–Crippen LogP) is 9.29. The van der Waals surface area contributed by atoms with E-state index in [0.29, 0.717) is 0 Å². The number of allylic oxidation sites excluding steroid dienone is 10. The topological polar surface area (TPSA) is 0 Å². The van der Waals surface area contributed by atoms with Crippen LogP contribution in [0.2, 0.25) is 0 Å². The highest BCUT2D eigenvalue weighted by Crippen LogP contribution is 2.30. The fourth-order valence-electron chi connectivity index (χ4n) is 4.07. The lowest BCUT2D eigenvalue weighted by Gasteiger charge is -2.10. The molecule has 0 fully saturated rings. The van der Waals surface area contributed by atoms with Crippen LogP contribution in [0.1, 0.15) is 38.3 Å². The first-order valence-electron chi connectivity index (χ1n) is 11.3. The molecule has 0 amide bonds. The minimum absolute atomic E-state index is 1.02. The Morgan fingerprint density at radius 1 is 0.719 bits per heavy atom. The van der Waals surface area contributed by atoms with Gasteiger partial charge >= 0.3 is 0 Å². The second-order valence-electron chi connectivity index (χ2n) is 8.22.